The third kappa shape index (κ3) is 4.26. The number of amides is 1. The number of hydrogen-bond acceptors (Lipinski definition) is 4. The fourth-order valence-electron chi connectivity index (χ4n) is 2.64. The van der Waals surface area contributed by atoms with Gasteiger partial charge in [0.2, 0.25) is 5.91 Å². The molecular formula is C16H23NO3S2. The van der Waals surface area contributed by atoms with E-state index in [1.165, 1.54) is 0 Å². The molecule has 22 heavy (non-hydrogen) atoms. The van der Waals surface area contributed by atoms with Crippen LogP contribution in [-0.4, -0.2) is 37.6 Å². The van der Waals surface area contributed by atoms with E-state index >= 15 is 0 Å². The van der Waals surface area contributed by atoms with Crippen molar-refractivity contribution in [2.75, 3.05) is 22.2 Å². The van der Waals surface area contributed by atoms with E-state index in [-0.39, 0.29) is 35.8 Å². The second-order valence-electron chi connectivity index (χ2n) is 6.15. The molecule has 1 aromatic rings. The fraction of sp³-hybridized carbons (Fsp3) is 0.562. The maximum atomic E-state index is 12.6. The lowest BCUT2D eigenvalue weighted by atomic mass is 10.2. The predicted octanol–water partition coefficient (Wildman–Crippen LogP) is 2.97. The smallest absolute Gasteiger partial charge is 0.228 e. The molecule has 0 radical (unpaired) electrons. The topological polar surface area (TPSA) is 54.5 Å². The van der Waals surface area contributed by atoms with E-state index in [0.717, 1.165) is 16.3 Å². The van der Waals surface area contributed by atoms with Gasteiger partial charge in [0.15, 0.2) is 9.84 Å². The van der Waals surface area contributed by atoms with E-state index in [2.05, 4.69) is 0 Å². The number of benzene rings is 1. The van der Waals surface area contributed by atoms with Crippen LogP contribution in [0.1, 0.15) is 27.2 Å². The highest BCUT2D eigenvalue weighted by molar-refractivity contribution is 7.99. The molecule has 0 saturated heterocycles. The molecule has 0 N–H and O–H groups in total. The summed E-state index contributed by atoms with van der Waals surface area (Å²) in [6, 6.07) is 7.88. The lowest BCUT2D eigenvalue weighted by Crippen LogP contribution is -2.43. The molecule has 1 heterocycles. The number of carbonyl (C=O) groups excluding carboxylic acids is 1. The van der Waals surface area contributed by atoms with Gasteiger partial charge >= 0.3 is 0 Å². The summed E-state index contributed by atoms with van der Waals surface area (Å²) in [5.74, 6) is 0.894. The molecule has 1 aromatic carbocycles. The van der Waals surface area contributed by atoms with Crippen molar-refractivity contribution in [2.24, 2.45) is 5.92 Å². The number of para-hydroxylation sites is 1. The summed E-state index contributed by atoms with van der Waals surface area (Å²) in [6.45, 7) is 5.75. The van der Waals surface area contributed by atoms with E-state index in [1.807, 2.05) is 45.0 Å². The van der Waals surface area contributed by atoms with Crippen LogP contribution in [0.4, 0.5) is 5.69 Å². The van der Waals surface area contributed by atoms with Crippen LogP contribution in [0, 0.1) is 5.92 Å². The zero-order valence-electron chi connectivity index (χ0n) is 13.3. The van der Waals surface area contributed by atoms with E-state index in [1.54, 1.807) is 16.7 Å². The van der Waals surface area contributed by atoms with Crippen LogP contribution in [0.2, 0.25) is 0 Å². The molecule has 1 amide bonds. The number of nitrogens with zero attached hydrogens (tertiary/aromatic N) is 1. The minimum Gasteiger partial charge on any atom is -0.308 e. The fourth-order valence-corrected chi connectivity index (χ4v) is 5.36. The van der Waals surface area contributed by atoms with Crippen molar-refractivity contribution in [3.05, 3.63) is 24.3 Å². The van der Waals surface area contributed by atoms with Gasteiger partial charge in [-0.05, 0) is 25.0 Å². The zero-order chi connectivity index (χ0) is 16.3. The molecule has 0 fully saturated rings. The summed E-state index contributed by atoms with van der Waals surface area (Å²) in [6.07, 6.45) is 0.0540. The van der Waals surface area contributed by atoms with Crippen molar-refractivity contribution in [1.29, 1.82) is 0 Å². The summed E-state index contributed by atoms with van der Waals surface area (Å²) in [5, 5.41) is 0. The molecule has 122 valence electrons. The molecule has 1 atom stereocenters. The van der Waals surface area contributed by atoms with Crippen molar-refractivity contribution in [2.45, 2.75) is 38.1 Å². The van der Waals surface area contributed by atoms with E-state index in [9.17, 15) is 13.2 Å². The van der Waals surface area contributed by atoms with Gasteiger partial charge < -0.3 is 4.90 Å². The molecule has 1 aliphatic heterocycles. The Bertz CT molecular complexity index is 641. The maximum absolute atomic E-state index is 12.6. The number of anilines is 1. The Hall–Kier alpha value is -1.01. The first-order valence-corrected chi connectivity index (χ1v) is 10.3. The quantitative estimate of drug-likeness (QED) is 0.826. The lowest BCUT2D eigenvalue weighted by molar-refractivity contribution is -0.118. The van der Waals surface area contributed by atoms with E-state index in [4.69, 9.17) is 0 Å². The molecule has 0 aromatic heterocycles. The molecule has 6 heteroatoms. The normalized spacial score (nSPS) is 18.4. The highest BCUT2D eigenvalue weighted by Gasteiger charge is 2.29. The minimum atomic E-state index is -3.16. The maximum Gasteiger partial charge on any atom is 0.228 e. The van der Waals surface area contributed by atoms with E-state index in [0.29, 0.717) is 0 Å². The van der Waals surface area contributed by atoms with Gasteiger partial charge in [0.25, 0.3) is 0 Å². The van der Waals surface area contributed by atoms with Crippen LogP contribution in [0.15, 0.2) is 29.2 Å². The van der Waals surface area contributed by atoms with Crippen molar-refractivity contribution in [1.82, 2.24) is 0 Å². The number of sulfone groups is 1. The van der Waals surface area contributed by atoms with Crippen LogP contribution in [0.25, 0.3) is 0 Å². The first kappa shape index (κ1) is 17.3. The lowest BCUT2D eigenvalue weighted by Gasteiger charge is -2.34. The van der Waals surface area contributed by atoms with Gasteiger partial charge in [-0.2, -0.15) is 0 Å². The second-order valence-corrected chi connectivity index (χ2v) is 9.44. The third-order valence-electron chi connectivity index (χ3n) is 3.53. The van der Waals surface area contributed by atoms with Crippen LogP contribution in [0.3, 0.4) is 0 Å². The van der Waals surface area contributed by atoms with Crippen LogP contribution >= 0.6 is 11.8 Å². The summed E-state index contributed by atoms with van der Waals surface area (Å²) < 4.78 is 24.0. The average Bonchev–Trinajstić information content (AvgIpc) is 2.43. The monoisotopic (exact) mass is 341 g/mol. The number of fused-ring (bicyclic) bond motifs is 1. The summed E-state index contributed by atoms with van der Waals surface area (Å²) in [5.41, 5.74) is 0.900. The zero-order valence-corrected chi connectivity index (χ0v) is 14.9. The number of thioether (sulfide) groups is 1. The van der Waals surface area contributed by atoms with Gasteiger partial charge in [-0.15, -0.1) is 11.8 Å². The highest BCUT2D eigenvalue weighted by Crippen LogP contribution is 2.37. The van der Waals surface area contributed by atoms with Crippen LogP contribution in [-0.2, 0) is 14.6 Å². The Morgan fingerprint density at radius 1 is 1.36 bits per heavy atom. The molecule has 2 rings (SSSR count). The van der Waals surface area contributed by atoms with Gasteiger partial charge in [0.1, 0.15) is 0 Å². The van der Waals surface area contributed by atoms with Crippen molar-refractivity contribution in [3.63, 3.8) is 0 Å². The average molecular weight is 341 g/mol. The molecule has 1 aliphatic rings. The molecule has 0 unspecified atom stereocenters. The highest BCUT2D eigenvalue weighted by atomic mass is 32.2. The Balaban J connectivity index is 2.10. The Labute approximate surface area is 137 Å². The summed E-state index contributed by atoms with van der Waals surface area (Å²) in [4.78, 5) is 15.4. The Kier molecular flexibility index (Phi) is 5.55. The van der Waals surface area contributed by atoms with Crippen molar-refractivity contribution < 1.29 is 13.2 Å². The van der Waals surface area contributed by atoms with Crippen molar-refractivity contribution >= 4 is 33.2 Å². The van der Waals surface area contributed by atoms with Gasteiger partial charge in [0.05, 0.1) is 17.2 Å². The summed E-state index contributed by atoms with van der Waals surface area (Å²) >= 11 is 1.74. The molecule has 0 aliphatic carbocycles. The molecule has 0 bridgehead atoms. The van der Waals surface area contributed by atoms with Gasteiger partial charge in [-0.25, -0.2) is 8.42 Å². The first-order valence-electron chi connectivity index (χ1n) is 7.54. The number of carbonyl (C=O) groups is 1. The standard InChI is InChI=1S/C16H23NO3S2/c1-12(2)11-22(19,20)9-8-16(18)17-13(3)10-21-15-7-5-4-6-14(15)17/h4-7,12-13H,8-11H2,1-3H3/t13-/m1/s1. The molecule has 0 saturated carbocycles. The minimum absolute atomic E-state index is 0.0540. The molecule has 4 nitrogen and oxygen atoms in total. The van der Waals surface area contributed by atoms with Crippen LogP contribution in [0.5, 0.6) is 0 Å². The Morgan fingerprint density at radius 3 is 2.73 bits per heavy atom. The Morgan fingerprint density at radius 2 is 2.05 bits per heavy atom. The van der Waals surface area contributed by atoms with Crippen LogP contribution < -0.4 is 4.90 Å². The third-order valence-corrected chi connectivity index (χ3v) is 6.83. The van der Waals surface area contributed by atoms with Crippen molar-refractivity contribution in [3.8, 4) is 0 Å². The number of hydrogen-bond donors (Lipinski definition) is 0. The molecule has 0 spiro atoms. The summed E-state index contributed by atoms with van der Waals surface area (Å²) in [7, 11) is -3.16. The largest absolute Gasteiger partial charge is 0.308 e. The first-order chi connectivity index (χ1) is 10.3. The van der Waals surface area contributed by atoms with E-state index < -0.39 is 9.84 Å². The van der Waals surface area contributed by atoms with Gasteiger partial charge in [0, 0.05) is 23.1 Å². The number of rotatable bonds is 5. The predicted molar refractivity (Wildman–Crippen MR) is 92.2 cm³/mol. The SMILES string of the molecule is CC(C)CS(=O)(=O)CCC(=O)N1c2ccccc2SC[C@H]1C. The molecular weight excluding hydrogens is 318 g/mol. The second kappa shape index (κ2) is 7.04. The van der Waals surface area contributed by atoms with Gasteiger partial charge in [-0.1, -0.05) is 26.0 Å². The van der Waals surface area contributed by atoms with Gasteiger partial charge in [-0.3, -0.25) is 4.79 Å².